The van der Waals surface area contributed by atoms with Crippen molar-refractivity contribution in [1.82, 2.24) is 4.90 Å². The quantitative estimate of drug-likeness (QED) is 0.525. The highest BCUT2D eigenvalue weighted by molar-refractivity contribution is 5.69. The molecule has 3 heteroatoms. The first-order chi connectivity index (χ1) is 9.74. The van der Waals surface area contributed by atoms with Crippen LogP contribution in [0.3, 0.4) is 0 Å². The Hall–Kier alpha value is -0.570. The smallest absolute Gasteiger partial charge is 0.305 e. The third-order valence-electron chi connectivity index (χ3n) is 5.24. The highest BCUT2D eigenvalue weighted by atomic mass is 16.5. The second kappa shape index (κ2) is 8.02. The molecule has 1 saturated carbocycles. The van der Waals surface area contributed by atoms with Gasteiger partial charge in [-0.1, -0.05) is 19.3 Å². The van der Waals surface area contributed by atoms with Gasteiger partial charge in [-0.15, -0.1) is 0 Å². The van der Waals surface area contributed by atoms with Gasteiger partial charge < -0.3 is 9.64 Å². The standard InChI is InChI=1S/C17H31NO2/c1-2-20-16(19)8-4-3-7-13-18-14-11-17(12-15-18)9-5-6-10-17/h2-15H2,1H3. The molecule has 0 unspecified atom stereocenters. The molecule has 1 spiro atoms. The van der Waals surface area contributed by atoms with Crippen molar-refractivity contribution in [2.24, 2.45) is 5.41 Å². The average Bonchev–Trinajstić information content (AvgIpc) is 2.89. The fraction of sp³-hybridized carbons (Fsp3) is 0.941. The molecule has 0 aromatic heterocycles. The highest BCUT2D eigenvalue weighted by Gasteiger charge is 2.36. The Morgan fingerprint density at radius 1 is 1.05 bits per heavy atom. The maximum absolute atomic E-state index is 11.2. The van der Waals surface area contributed by atoms with Crippen LogP contribution in [-0.2, 0) is 9.53 Å². The maximum Gasteiger partial charge on any atom is 0.305 e. The number of esters is 1. The van der Waals surface area contributed by atoms with Crippen LogP contribution < -0.4 is 0 Å². The van der Waals surface area contributed by atoms with Crippen LogP contribution >= 0.6 is 0 Å². The van der Waals surface area contributed by atoms with Crippen LogP contribution in [0.15, 0.2) is 0 Å². The Balaban J connectivity index is 1.50. The summed E-state index contributed by atoms with van der Waals surface area (Å²) < 4.78 is 4.94. The molecule has 1 aliphatic heterocycles. The number of piperidine rings is 1. The molecule has 2 fully saturated rings. The number of ether oxygens (including phenoxy) is 1. The predicted molar refractivity (Wildman–Crippen MR) is 81.7 cm³/mol. The number of hydrogen-bond donors (Lipinski definition) is 0. The largest absolute Gasteiger partial charge is 0.466 e. The lowest BCUT2D eigenvalue weighted by atomic mass is 9.77. The third kappa shape index (κ3) is 4.76. The van der Waals surface area contributed by atoms with Crippen molar-refractivity contribution >= 4 is 5.97 Å². The second-order valence-electron chi connectivity index (χ2n) is 6.66. The van der Waals surface area contributed by atoms with Gasteiger partial charge in [-0.2, -0.15) is 0 Å². The van der Waals surface area contributed by atoms with E-state index in [1.165, 1.54) is 64.6 Å². The number of carbonyl (C=O) groups is 1. The van der Waals surface area contributed by atoms with Crippen LogP contribution in [0.5, 0.6) is 0 Å². The van der Waals surface area contributed by atoms with E-state index in [0.717, 1.165) is 18.3 Å². The van der Waals surface area contributed by atoms with E-state index in [9.17, 15) is 4.79 Å². The minimum absolute atomic E-state index is 0.0337. The van der Waals surface area contributed by atoms with Gasteiger partial charge in [0.1, 0.15) is 0 Å². The summed E-state index contributed by atoms with van der Waals surface area (Å²) in [5.41, 5.74) is 0.737. The lowest BCUT2D eigenvalue weighted by Gasteiger charge is -2.39. The van der Waals surface area contributed by atoms with Gasteiger partial charge in [0.05, 0.1) is 6.61 Å². The second-order valence-corrected chi connectivity index (χ2v) is 6.66. The monoisotopic (exact) mass is 281 g/mol. The maximum atomic E-state index is 11.2. The number of rotatable bonds is 7. The molecule has 0 amide bonds. The van der Waals surface area contributed by atoms with Gasteiger partial charge in [-0.05, 0) is 70.5 Å². The molecule has 2 rings (SSSR count). The fourth-order valence-corrected chi connectivity index (χ4v) is 3.89. The van der Waals surface area contributed by atoms with Crippen molar-refractivity contribution in [2.75, 3.05) is 26.2 Å². The summed E-state index contributed by atoms with van der Waals surface area (Å²) in [6.45, 7) is 6.20. The first-order valence-electron chi connectivity index (χ1n) is 8.62. The zero-order chi connectivity index (χ0) is 14.3. The molecule has 20 heavy (non-hydrogen) atoms. The van der Waals surface area contributed by atoms with Gasteiger partial charge in [0, 0.05) is 6.42 Å². The zero-order valence-corrected chi connectivity index (χ0v) is 13.2. The molecular weight excluding hydrogens is 250 g/mol. The van der Waals surface area contributed by atoms with Crippen molar-refractivity contribution in [3.8, 4) is 0 Å². The van der Waals surface area contributed by atoms with Crippen LogP contribution in [0.25, 0.3) is 0 Å². The number of unbranched alkanes of at least 4 members (excludes halogenated alkanes) is 2. The van der Waals surface area contributed by atoms with Gasteiger partial charge in [0.2, 0.25) is 0 Å². The minimum Gasteiger partial charge on any atom is -0.466 e. The Labute approximate surface area is 124 Å². The molecule has 0 atom stereocenters. The molecule has 0 aromatic rings. The van der Waals surface area contributed by atoms with Gasteiger partial charge in [-0.25, -0.2) is 0 Å². The normalized spacial score (nSPS) is 22.2. The van der Waals surface area contributed by atoms with Crippen molar-refractivity contribution in [1.29, 1.82) is 0 Å². The van der Waals surface area contributed by atoms with Crippen molar-refractivity contribution < 1.29 is 9.53 Å². The lowest BCUT2D eigenvalue weighted by molar-refractivity contribution is -0.143. The van der Waals surface area contributed by atoms with Crippen molar-refractivity contribution in [2.45, 2.75) is 71.1 Å². The van der Waals surface area contributed by atoms with Crippen LogP contribution in [0.4, 0.5) is 0 Å². The minimum atomic E-state index is -0.0337. The highest BCUT2D eigenvalue weighted by Crippen LogP contribution is 2.46. The number of hydrogen-bond acceptors (Lipinski definition) is 3. The van der Waals surface area contributed by atoms with E-state index in [0.29, 0.717) is 13.0 Å². The molecule has 2 aliphatic rings. The Bertz CT molecular complexity index is 287. The summed E-state index contributed by atoms with van der Waals surface area (Å²) >= 11 is 0. The molecule has 0 aromatic carbocycles. The molecule has 0 radical (unpaired) electrons. The van der Waals surface area contributed by atoms with Gasteiger partial charge in [-0.3, -0.25) is 4.79 Å². The molecule has 116 valence electrons. The molecular formula is C17H31NO2. The van der Waals surface area contributed by atoms with Gasteiger partial charge >= 0.3 is 5.97 Å². The van der Waals surface area contributed by atoms with Crippen LogP contribution in [0.1, 0.15) is 71.1 Å². The summed E-state index contributed by atoms with van der Waals surface area (Å²) in [6.07, 6.45) is 12.7. The molecule has 1 heterocycles. The van der Waals surface area contributed by atoms with Crippen LogP contribution in [-0.4, -0.2) is 37.1 Å². The SMILES string of the molecule is CCOC(=O)CCCCCN1CCC2(CCCC2)CC1. The fourth-order valence-electron chi connectivity index (χ4n) is 3.89. The van der Waals surface area contributed by atoms with Gasteiger partial charge in [0.15, 0.2) is 0 Å². The number of likely N-dealkylation sites (tertiary alicyclic amines) is 1. The Morgan fingerprint density at radius 3 is 2.40 bits per heavy atom. The van der Waals surface area contributed by atoms with Gasteiger partial charge in [0.25, 0.3) is 0 Å². The molecule has 1 saturated heterocycles. The molecule has 3 nitrogen and oxygen atoms in total. The van der Waals surface area contributed by atoms with Crippen LogP contribution in [0.2, 0.25) is 0 Å². The van der Waals surface area contributed by atoms with Crippen molar-refractivity contribution in [3.63, 3.8) is 0 Å². The number of nitrogens with zero attached hydrogens (tertiary/aromatic N) is 1. The first-order valence-corrected chi connectivity index (χ1v) is 8.62. The van der Waals surface area contributed by atoms with E-state index >= 15 is 0 Å². The number of carbonyl (C=O) groups excluding carboxylic acids is 1. The van der Waals surface area contributed by atoms with E-state index in [-0.39, 0.29) is 5.97 Å². The third-order valence-corrected chi connectivity index (χ3v) is 5.24. The molecule has 1 aliphatic carbocycles. The van der Waals surface area contributed by atoms with E-state index in [4.69, 9.17) is 4.74 Å². The van der Waals surface area contributed by atoms with Crippen LogP contribution in [0, 0.1) is 5.41 Å². The van der Waals surface area contributed by atoms with E-state index in [1.54, 1.807) is 0 Å². The van der Waals surface area contributed by atoms with E-state index in [2.05, 4.69) is 4.90 Å². The Morgan fingerprint density at radius 2 is 1.75 bits per heavy atom. The first kappa shape index (κ1) is 15.8. The summed E-state index contributed by atoms with van der Waals surface area (Å²) in [5, 5.41) is 0. The van der Waals surface area contributed by atoms with E-state index < -0.39 is 0 Å². The average molecular weight is 281 g/mol. The molecule has 0 N–H and O–H groups in total. The Kier molecular flexibility index (Phi) is 6.34. The predicted octanol–water partition coefficient (Wildman–Crippen LogP) is 3.77. The molecule has 0 bridgehead atoms. The lowest BCUT2D eigenvalue weighted by Crippen LogP contribution is -2.39. The summed E-state index contributed by atoms with van der Waals surface area (Å²) in [5.74, 6) is -0.0337. The summed E-state index contributed by atoms with van der Waals surface area (Å²) in [7, 11) is 0. The van der Waals surface area contributed by atoms with E-state index in [1.807, 2.05) is 6.92 Å². The topological polar surface area (TPSA) is 29.5 Å². The zero-order valence-electron chi connectivity index (χ0n) is 13.2. The summed E-state index contributed by atoms with van der Waals surface area (Å²) in [6, 6.07) is 0. The summed E-state index contributed by atoms with van der Waals surface area (Å²) in [4.78, 5) is 13.9. The van der Waals surface area contributed by atoms with Crippen molar-refractivity contribution in [3.05, 3.63) is 0 Å².